The molecule has 0 aliphatic heterocycles. The van der Waals surface area contributed by atoms with Crippen molar-refractivity contribution in [1.82, 2.24) is 9.97 Å². The van der Waals surface area contributed by atoms with Crippen LogP contribution in [0.5, 0.6) is 0 Å². The molecular weight excluding hydrogens is 188 g/mol. The quantitative estimate of drug-likeness (QED) is 0.706. The van der Waals surface area contributed by atoms with E-state index in [2.05, 4.69) is 15.3 Å². The van der Waals surface area contributed by atoms with E-state index in [1.165, 1.54) is 12.4 Å². The molecule has 1 aromatic rings. The summed E-state index contributed by atoms with van der Waals surface area (Å²) in [7, 11) is -0.786. The van der Waals surface area contributed by atoms with Gasteiger partial charge in [-0.15, -0.1) is 0 Å². The number of rotatable bonds is 4. The third-order valence-corrected chi connectivity index (χ3v) is 2.12. The van der Waals surface area contributed by atoms with Crippen molar-refractivity contribution in [3.8, 4) is 0 Å². The smallest absolute Gasteiger partial charge is 0.222 e. The van der Waals surface area contributed by atoms with Gasteiger partial charge in [0.1, 0.15) is 0 Å². The average Bonchev–Trinajstić information content (AvgIpc) is 2.08. The minimum atomic E-state index is -0.786. The van der Waals surface area contributed by atoms with Gasteiger partial charge < -0.3 is 11.1 Å². The van der Waals surface area contributed by atoms with Crippen LogP contribution in [0.3, 0.4) is 0 Å². The van der Waals surface area contributed by atoms with E-state index in [1.54, 1.807) is 6.26 Å². The lowest BCUT2D eigenvalue weighted by Gasteiger charge is -2.02. The summed E-state index contributed by atoms with van der Waals surface area (Å²) >= 11 is 0. The molecule has 0 saturated heterocycles. The van der Waals surface area contributed by atoms with Gasteiger partial charge in [0.05, 0.1) is 18.1 Å². The highest BCUT2D eigenvalue weighted by molar-refractivity contribution is 7.84. The summed E-state index contributed by atoms with van der Waals surface area (Å²) in [5.74, 6) is 1.10. The lowest BCUT2D eigenvalue weighted by molar-refractivity contribution is 0.687. The van der Waals surface area contributed by atoms with Crippen molar-refractivity contribution >= 4 is 22.4 Å². The van der Waals surface area contributed by atoms with Crippen LogP contribution in [0.25, 0.3) is 0 Å². The first-order valence-electron chi connectivity index (χ1n) is 3.80. The molecule has 3 N–H and O–H groups in total. The van der Waals surface area contributed by atoms with E-state index in [-0.39, 0.29) is 0 Å². The van der Waals surface area contributed by atoms with Crippen molar-refractivity contribution in [3.05, 3.63) is 12.4 Å². The van der Waals surface area contributed by atoms with Crippen molar-refractivity contribution in [2.75, 3.05) is 29.6 Å². The van der Waals surface area contributed by atoms with E-state index >= 15 is 0 Å². The lowest BCUT2D eigenvalue weighted by Crippen LogP contribution is -2.11. The molecule has 0 radical (unpaired) electrons. The predicted octanol–water partition coefficient (Wildman–Crippen LogP) is -0.151. The van der Waals surface area contributed by atoms with Crippen LogP contribution < -0.4 is 11.1 Å². The molecule has 0 aromatic carbocycles. The zero-order valence-electron chi connectivity index (χ0n) is 7.36. The molecule has 0 spiro atoms. The number of nitrogens with two attached hydrogens (primary N) is 1. The number of nitrogens with one attached hydrogen (secondary N) is 1. The molecule has 6 heteroatoms. The number of nitrogens with zero attached hydrogens (tertiary/aromatic N) is 2. The van der Waals surface area contributed by atoms with Gasteiger partial charge >= 0.3 is 0 Å². The summed E-state index contributed by atoms with van der Waals surface area (Å²) in [6, 6.07) is 0. The van der Waals surface area contributed by atoms with Gasteiger partial charge in [-0.1, -0.05) is 0 Å². The molecule has 0 aliphatic carbocycles. The van der Waals surface area contributed by atoms with E-state index < -0.39 is 10.8 Å². The van der Waals surface area contributed by atoms with Crippen LogP contribution in [-0.2, 0) is 10.8 Å². The molecule has 1 rings (SSSR count). The van der Waals surface area contributed by atoms with Crippen LogP contribution in [0.4, 0.5) is 11.6 Å². The van der Waals surface area contributed by atoms with E-state index in [4.69, 9.17) is 5.73 Å². The summed E-state index contributed by atoms with van der Waals surface area (Å²) < 4.78 is 10.7. The minimum Gasteiger partial charge on any atom is -0.396 e. The lowest BCUT2D eigenvalue weighted by atomic mass is 10.6. The maximum atomic E-state index is 10.7. The molecular formula is C7H12N4OS. The first-order chi connectivity index (χ1) is 6.18. The third-order valence-electron chi connectivity index (χ3n) is 1.34. The van der Waals surface area contributed by atoms with Crippen molar-refractivity contribution in [3.63, 3.8) is 0 Å². The number of aromatic nitrogens is 2. The Morgan fingerprint density at radius 2 is 2.15 bits per heavy atom. The Morgan fingerprint density at radius 3 is 2.69 bits per heavy atom. The molecule has 0 aliphatic rings. The van der Waals surface area contributed by atoms with Crippen molar-refractivity contribution in [1.29, 1.82) is 0 Å². The van der Waals surface area contributed by atoms with Gasteiger partial charge in [0, 0.05) is 29.4 Å². The fourth-order valence-electron chi connectivity index (χ4n) is 0.736. The molecule has 13 heavy (non-hydrogen) atoms. The average molecular weight is 200 g/mol. The molecule has 1 unspecified atom stereocenters. The van der Waals surface area contributed by atoms with E-state index in [9.17, 15) is 4.21 Å². The second-order valence-electron chi connectivity index (χ2n) is 2.54. The second-order valence-corrected chi connectivity index (χ2v) is 4.10. The maximum absolute atomic E-state index is 10.7. The highest BCUT2D eigenvalue weighted by Crippen LogP contribution is 1.99. The number of hydrogen-bond donors (Lipinski definition) is 2. The highest BCUT2D eigenvalue weighted by atomic mass is 32.2. The predicted molar refractivity (Wildman–Crippen MR) is 53.9 cm³/mol. The van der Waals surface area contributed by atoms with Crippen molar-refractivity contribution in [2.45, 2.75) is 0 Å². The van der Waals surface area contributed by atoms with E-state index in [0.717, 1.165) is 0 Å². The van der Waals surface area contributed by atoms with Crippen molar-refractivity contribution < 1.29 is 4.21 Å². The van der Waals surface area contributed by atoms with E-state index in [1.807, 2.05) is 0 Å². The minimum absolute atomic E-state index is 0.514. The third kappa shape index (κ3) is 3.84. The van der Waals surface area contributed by atoms with E-state index in [0.29, 0.717) is 23.9 Å². The van der Waals surface area contributed by atoms with Gasteiger partial charge in [0.25, 0.3) is 0 Å². The van der Waals surface area contributed by atoms with Gasteiger partial charge in [0.15, 0.2) is 0 Å². The van der Waals surface area contributed by atoms with Crippen LogP contribution >= 0.6 is 0 Å². The normalized spacial score (nSPS) is 12.4. The van der Waals surface area contributed by atoms with Gasteiger partial charge in [-0.2, -0.15) is 0 Å². The largest absolute Gasteiger partial charge is 0.396 e. The monoisotopic (exact) mass is 200 g/mol. The SMILES string of the molecule is CS(=O)CCNc1ncc(N)cn1. The maximum Gasteiger partial charge on any atom is 0.222 e. The number of anilines is 2. The molecule has 1 atom stereocenters. The van der Waals surface area contributed by atoms with Crippen LogP contribution in [0.15, 0.2) is 12.4 Å². The Balaban J connectivity index is 2.37. The Kier molecular flexibility index (Phi) is 3.63. The summed E-state index contributed by atoms with van der Waals surface area (Å²) in [6.45, 7) is 0.604. The fourth-order valence-corrected chi connectivity index (χ4v) is 1.13. The summed E-state index contributed by atoms with van der Waals surface area (Å²) in [6.07, 6.45) is 4.71. The molecule has 1 aromatic heterocycles. The summed E-state index contributed by atoms with van der Waals surface area (Å²) in [5, 5.41) is 2.93. The zero-order chi connectivity index (χ0) is 9.68. The van der Waals surface area contributed by atoms with Crippen LogP contribution in [0.1, 0.15) is 0 Å². The molecule has 1 heterocycles. The number of hydrogen-bond acceptors (Lipinski definition) is 5. The zero-order valence-corrected chi connectivity index (χ0v) is 8.17. The molecule has 0 bridgehead atoms. The Bertz CT molecular complexity index is 287. The van der Waals surface area contributed by atoms with Crippen LogP contribution in [0.2, 0.25) is 0 Å². The topological polar surface area (TPSA) is 80.9 Å². The second kappa shape index (κ2) is 4.76. The Hall–Kier alpha value is -1.17. The van der Waals surface area contributed by atoms with Gasteiger partial charge in [0.2, 0.25) is 5.95 Å². The van der Waals surface area contributed by atoms with Crippen LogP contribution in [-0.4, -0.2) is 32.7 Å². The first-order valence-corrected chi connectivity index (χ1v) is 5.52. The van der Waals surface area contributed by atoms with Gasteiger partial charge in [-0.25, -0.2) is 9.97 Å². The Morgan fingerprint density at radius 1 is 1.54 bits per heavy atom. The van der Waals surface area contributed by atoms with Crippen molar-refractivity contribution in [2.24, 2.45) is 0 Å². The van der Waals surface area contributed by atoms with Crippen LogP contribution in [0, 0.1) is 0 Å². The summed E-state index contributed by atoms with van der Waals surface area (Å²) in [5.41, 5.74) is 5.93. The summed E-state index contributed by atoms with van der Waals surface area (Å²) in [4.78, 5) is 7.86. The molecule has 72 valence electrons. The van der Waals surface area contributed by atoms with Gasteiger partial charge in [-0.3, -0.25) is 4.21 Å². The Labute approximate surface area is 79.2 Å². The standard InChI is InChI=1S/C7H12N4OS/c1-13(12)3-2-9-7-10-4-6(8)5-11-7/h4-5H,2-3,8H2,1H3,(H,9,10,11). The number of nitrogen functional groups attached to an aromatic ring is 1. The first kappa shape index (κ1) is 9.91. The highest BCUT2D eigenvalue weighted by Gasteiger charge is 1.95. The fraction of sp³-hybridized carbons (Fsp3) is 0.429. The molecule has 0 fully saturated rings. The molecule has 0 saturated carbocycles. The van der Waals surface area contributed by atoms with Gasteiger partial charge in [-0.05, 0) is 0 Å². The molecule has 0 amide bonds. The molecule has 5 nitrogen and oxygen atoms in total.